The topological polar surface area (TPSA) is 158 Å². The monoisotopic (exact) mass is 589 g/mol. The van der Waals surface area contributed by atoms with Crippen LogP contribution >= 0.6 is 0 Å². The molecule has 12 nitrogen and oxygen atoms in total. The molecule has 220 valence electrons. The van der Waals surface area contributed by atoms with E-state index in [1.165, 1.54) is 43.6 Å². The van der Waals surface area contributed by atoms with Crippen LogP contribution < -0.4 is 15.4 Å². The Kier molecular flexibility index (Phi) is 9.45. The van der Waals surface area contributed by atoms with Gasteiger partial charge in [-0.05, 0) is 52.0 Å². The van der Waals surface area contributed by atoms with Crippen LogP contribution in [0.3, 0.4) is 0 Å². The summed E-state index contributed by atoms with van der Waals surface area (Å²) in [5, 5.41) is 5.06. The van der Waals surface area contributed by atoms with Gasteiger partial charge in [0.25, 0.3) is 10.0 Å². The number of rotatable bonds is 8. The summed E-state index contributed by atoms with van der Waals surface area (Å²) in [5.74, 6) is 0.204. The molecule has 2 heterocycles. The van der Waals surface area contributed by atoms with E-state index < -0.39 is 58.7 Å². The van der Waals surface area contributed by atoms with Gasteiger partial charge in [0.1, 0.15) is 11.7 Å². The quantitative estimate of drug-likeness (QED) is 0.405. The van der Waals surface area contributed by atoms with Crippen LogP contribution in [-0.2, 0) is 24.2 Å². The van der Waals surface area contributed by atoms with Gasteiger partial charge in [-0.25, -0.2) is 32.7 Å². The third kappa shape index (κ3) is 9.82. The zero-order valence-corrected chi connectivity index (χ0v) is 22.9. The summed E-state index contributed by atoms with van der Waals surface area (Å²) in [7, 11) is -4.14. The summed E-state index contributed by atoms with van der Waals surface area (Å²) in [6, 6.07) is 4.37. The van der Waals surface area contributed by atoms with E-state index in [1.807, 2.05) is 4.72 Å². The van der Waals surface area contributed by atoms with Crippen LogP contribution in [0.15, 0.2) is 41.6 Å². The molecule has 1 aromatic heterocycles. The molecule has 2 amide bonds. The fraction of sp³-hybridized carbons (Fsp3) is 0.500. The molecular weight excluding hydrogens is 559 g/mol. The SMILES string of the molecule is C[C@@H](CC(F)(F)F)NC(=O)OC1COC(c2cnc(Nc3ccc(S(=O)(=O)NC(=O)OC(C)(C)C)cc3)nc2)C1. The number of carbonyl (C=O) groups excluding carboxylic acids is 2. The summed E-state index contributed by atoms with van der Waals surface area (Å²) in [6.07, 6.45) is -5.49. The van der Waals surface area contributed by atoms with Crippen molar-refractivity contribution in [2.24, 2.45) is 0 Å². The van der Waals surface area contributed by atoms with Crippen LogP contribution in [-0.4, -0.2) is 61.1 Å². The fourth-order valence-corrected chi connectivity index (χ4v) is 4.45. The molecule has 0 bridgehead atoms. The van der Waals surface area contributed by atoms with Gasteiger partial charge < -0.3 is 24.8 Å². The number of aromatic nitrogens is 2. The van der Waals surface area contributed by atoms with Crippen molar-refractivity contribution >= 4 is 33.8 Å². The van der Waals surface area contributed by atoms with Crippen molar-refractivity contribution < 1.29 is 45.4 Å². The molecule has 2 unspecified atom stereocenters. The second kappa shape index (κ2) is 12.2. The largest absolute Gasteiger partial charge is 0.444 e. The van der Waals surface area contributed by atoms with Crippen LogP contribution in [0.4, 0.5) is 34.4 Å². The van der Waals surface area contributed by atoms with E-state index in [1.54, 1.807) is 20.8 Å². The molecule has 1 saturated heterocycles. The highest BCUT2D eigenvalue weighted by Gasteiger charge is 2.33. The zero-order valence-electron chi connectivity index (χ0n) is 22.1. The van der Waals surface area contributed by atoms with E-state index in [2.05, 4.69) is 20.6 Å². The minimum atomic E-state index is -4.40. The Morgan fingerprint density at radius 1 is 1.10 bits per heavy atom. The van der Waals surface area contributed by atoms with Crippen molar-refractivity contribution in [1.82, 2.24) is 20.0 Å². The smallest absolute Gasteiger partial charge is 0.421 e. The number of alkyl carbamates (subject to hydrolysis) is 1. The number of anilines is 2. The van der Waals surface area contributed by atoms with Crippen LogP contribution in [0, 0.1) is 0 Å². The van der Waals surface area contributed by atoms with E-state index in [0.717, 1.165) is 0 Å². The Morgan fingerprint density at radius 2 is 1.73 bits per heavy atom. The molecule has 0 radical (unpaired) electrons. The lowest BCUT2D eigenvalue weighted by Gasteiger charge is -2.19. The van der Waals surface area contributed by atoms with Gasteiger partial charge in [-0.15, -0.1) is 0 Å². The number of sulfonamides is 1. The molecule has 1 fully saturated rings. The number of nitrogens with zero attached hydrogens (tertiary/aromatic N) is 2. The Bertz CT molecular complexity index is 1280. The molecule has 2 aromatic rings. The third-order valence-electron chi connectivity index (χ3n) is 5.22. The van der Waals surface area contributed by atoms with E-state index in [9.17, 15) is 31.2 Å². The van der Waals surface area contributed by atoms with Gasteiger partial charge in [-0.1, -0.05) is 0 Å². The number of ether oxygens (including phenoxy) is 3. The minimum absolute atomic E-state index is 0.0593. The molecule has 3 rings (SSSR count). The van der Waals surface area contributed by atoms with E-state index in [-0.39, 0.29) is 23.9 Å². The van der Waals surface area contributed by atoms with Gasteiger partial charge in [0.2, 0.25) is 5.95 Å². The molecule has 16 heteroatoms. The van der Waals surface area contributed by atoms with Crippen molar-refractivity contribution in [3.05, 3.63) is 42.2 Å². The lowest BCUT2D eigenvalue weighted by atomic mass is 10.1. The predicted molar refractivity (Wildman–Crippen MR) is 135 cm³/mol. The van der Waals surface area contributed by atoms with Gasteiger partial charge in [0.05, 0.1) is 24.0 Å². The van der Waals surface area contributed by atoms with E-state index >= 15 is 0 Å². The van der Waals surface area contributed by atoms with Gasteiger partial charge >= 0.3 is 18.4 Å². The molecular formula is C24H30F3N5O7S. The lowest BCUT2D eigenvalue weighted by Crippen LogP contribution is -2.38. The molecule has 1 aromatic carbocycles. The van der Waals surface area contributed by atoms with Crippen molar-refractivity contribution in [1.29, 1.82) is 0 Å². The number of halogens is 3. The number of carbonyl (C=O) groups is 2. The highest BCUT2D eigenvalue weighted by Crippen LogP contribution is 2.30. The van der Waals surface area contributed by atoms with E-state index in [4.69, 9.17) is 14.2 Å². The average molecular weight is 590 g/mol. The summed E-state index contributed by atoms with van der Waals surface area (Å²) in [5.41, 5.74) is 0.206. The Hall–Kier alpha value is -3.66. The second-order valence-corrected chi connectivity index (χ2v) is 11.7. The molecule has 3 atom stereocenters. The van der Waals surface area contributed by atoms with Gasteiger partial charge in [-0.3, -0.25) is 0 Å². The third-order valence-corrected chi connectivity index (χ3v) is 6.54. The van der Waals surface area contributed by atoms with Crippen molar-refractivity contribution in [3.8, 4) is 0 Å². The van der Waals surface area contributed by atoms with Gasteiger partial charge in [-0.2, -0.15) is 13.2 Å². The van der Waals surface area contributed by atoms with Gasteiger partial charge in [0.15, 0.2) is 0 Å². The standard InChI is InChI=1S/C24H30F3N5O7S/c1-14(10-24(25,26)27)30-21(33)38-17-9-19(37-13-17)15-11-28-20(29-12-15)31-16-5-7-18(8-6-16)40(35,36)32-22(34)39-23(2,3)4/h5-8,11-12,14,17,19H,9-10,13H2,1-4H3,(H,30,33)(H,32,34)(H,28,29,31)/t14-,17?,19?/m0/s1. The van der Waals surface area contributed by atoms with Crippen LogP contribution in [0.25, 0.3) is 0 Å². The summed E-state index contributed by atoms with van der Waals surface area (Å²) < 4.78 is 79.6. The highest BCUT2D eigenvalue weighted by molar-refractivity contribution is 7.90. The first-order chi connectivity index (χ1) is 18.5. The Labute approximate surface area is 229 Å². The predicted octanol–water partition coefficient (Wildman–Crippen LogP) is 4.33. The van der Waals surface area contributed by atoms with Crippen molar-refractivity contribution in [2.75, 3.05) is 11.9 Å². The number of benzene rings is 1. The number of nitrogens with one attached hydrogen (secondary N) is 3. The summed E-state index contributed by atoms with van der Waals surface area (Å²) in [4.78, 5) is 31.9. The van der Waals surface area contributed by atoms with Crippen molar-refractivity contribution in [2.45, 2.75) is 75.5 Å². The maximum absolute atomic E-state index is 12.4. The average Bonchev–Trinajstić information content (AvgIpc) is 3.25. The Balaban J connectivity index is 1.50. The maximum Gasteiger partial charge on any atom is 0.421 e. The molecule has 40 heavy (non-hydrogen) atoms. The molecule has 1 aliphatic heterocycles. The molecule has 0 spiro atoms. The lowest BCUT2D eigenvalue weighted by molar-refractivity contribution is -0.138. The van der Waals surface area contributed by atoms with Gasteiger partial charge in [0, 0.05) is 36.1 Å². The number of alkyl halides is 3. The highest BCUT2D eigenvalue weighted by atomic mass is 32.2. The first-order valence-electron chi connectivity index (χ1n) is 12.1. The normalized spacial score (nSPS) is 18.5. The second-order valence-electron chi connectivity index (χ2n) is 10.0. The number of hydrogen-bond acceptors (Lipinski definition) is 10. The zero-order chi connectivity index (χ0) is 29.7. The minimum Gasteiger partial charge on any atom is -0.444 e. The molecule has 0 saturated carbocycles. The first-order valence-corrected chi connectivity index (χ1v) is 13.6. The number of hydrogen-bond donors (Lipinski definition) is 3. The first kappa shape index (κ1) is 30.9. The summed E-state index contributed by atoms with van der Waals surface area (Å²) in [6.45, 7) is 6.11. The Morgan fingerprint density at radius 3 is 2.30 bits per heavy atom. The van der Waals surface area contributed by atoms with E-state index in [0.29, 0.717) is 11.3 Å². The maximum atomic E-state index is 12.4. The number of amides is 2. The van der Waals surface area contributed by atoms with Crippen molar-refractivity contribution in [3.63, 3.8) is 0 Å². The fourth-order valence-electron chi connectivity index (χ4n) is 3.58. The van der Waals surface area contributed by atoms with Crippen LogP contribution in [0.5, 0.6) is 0 Å². The summed E-state index contributed by atoms with van der Waals surface area (Å²) >= 11 is 0. The molecule has 0 aliphatic carbocycles. The molecule has 1 aliphatic rings. The molecule has 3 N–H and O–H groups in total. The van der Waals surface area contributed by atoms with Crippen LogP contribution in [0.1, 0.15) is 52.2 Å². The van der Waals surface area contributed by atoms with Crippen LogP contribution in [0.2, 0.25) is 0 Å².